The van der Waals surface area contributed by atoms with Crippen LogP contribution in [0.2, 0.25) is 0 Å². The van der Waals surface area contributed by atoms with Gasteiger partial charge in [0.05, 0.1) is 16.7 Å². The standard InChI is InChI=1S/C11H10F3NO3S/c12-11(13,14)18-9-3-5-10(6-4-9)19(16,17)8-2-1-7-15/h3-6H,1-2,8H2. The number of benzene rings is 1. The molecule has 0 aliphatic heterocycles. The van der Waals surface area contributed by atoms with Crippen LogP contribution in [0.3, 0.4) is 0 Å². The Hall–Kier alpha value is -1.75. The highest BCUT2D eigenvalue weighted by atomic mass is 32.2. The lowest BCUT2D eigenvalue weighted by Crippen LogP contribution is -2.17. The van der Waals surface area contributed by atoms with Crippen molar-refractivity contribution < 1.29 is 26.3 Å². The monoisotopic (exact) mass is 293 g/mol. The minimum absolute atomic E-state index is 0.0973. The van der Waals surface area contributed by atoms with E-state index in [-0.39, 0.29) is 23.5 Å². The fourth-order valence-corrected chi connectivity index (χ4v) is 2.62. The normalized spacial score (nSPS) is 11.9. The molecular weight excluding hydrogens is 283 g/mol. The Kier molecular flexibility index (Phi) is 4.78. The Balaban J connectivity index is 2.78. The number of nitriles is 1. The fourth-order valence-electron chi connectivity index (χ4n) is 1.31. The van der Waals surface area contributed by atoms with Crippen molar-refractivity contribution >= 4 is 9.84 Å². The molecule has 0 fully saturated rings. The summed E-state index contributed by atoms with van der Waals surface area (Å²) in [6, 6.07) is 5.78. The molecule has 0 saturated carbocycles. The molecule has 8 heteroatoms. The third kappa shape index (κ3) is 5.18. The molecule has 0 aliphatic carbocycles. The van der Waals surface area contributed by atoms with Crippen LogP contribution in [0.25, 0.3) is 0 Å². The zero-order chi connectivity index (χ0) is 14.5. The third-order valence-corrected chi connectivity index (χ3v) is 3.93. The summed E-state index contributed by atoms with van der Waals surface area (Å²) in [5, 5.41) is 8.31. The van der Waals surface area contributed by atoms with E-state index >= 15 is 0 Å². The maximum atomic E-state index is 11.9. The number of hydrogen-bond donors (Lipinski definition) is 0. The molecule has 4 nitrogen and oxygen atoms in total. The zero-order valence-electron chi connectivity index (χ0n) is 9.64. The topological polar surface area (TPSA) is 67.2 Å². The first-order valence-corrected chi connectivity index (χ1v) is 6.85. The smallest absolute Gasteiger partial charge is 0.406 e. The van der Waals surface area contributed by atoms with E-state index in [9.17, 15) is 21.6 Å². The summed E-state index contributed by atoms with van der Waals surface area (Å²) >= 11 is 0. The van der Waals surface area contributed by atoms with Crippen molar-refractivity contribution in [2.45, 2.75) is 24.1 Å². The van der Waals surface area contributed by atoms with Gasteiger partial charge >= 0.3 is 6.36 Å². The molecule has 0 spiro atoms. The highest BCUT2D eigenvalue weighted by molar-refractivity contribution is 7.91. The molecule has 104 valence electrons. The van der Waals surface area contributed by atoms with Crippen LogP contribution in [0.5, 0.6) is 5.75 Å². The van der Waals surface area contributed by atoms with Crippen molar-refractivity contribution in [2.24, 2.45) is 0 Å². The SMILES string of the molecule is N#CCCCS(=O)(=O)c1ccc(OC(F)(F)F)cc1. The molecule has 0 bridgehead atoms. The molecule has 0 unspecified atom stereocenters. The first-order chi connectivity index (χ1) is 8.74. The van der Waals surface area contributed by atoms with Crippen LogP contribution in [0.1, 0.15) is 12.8 Å². The van der Waals surface area contributed by atoms with Crippen LogP contribution in [-0.4, -0.2) is 20.5 Å². The summed E-state index contributed by atoms with van der Waals surface area (Å²) in [5.74, 6) is -0.705. The van der Waals surface area contributed by atoms with E-state index in [1.165, 1.54) is 0 Å². The maximum Gasteiger partial charge on any atom is 0.573 e. The molecule has 0 saturated heterocycles. The molecule has 0 amide bonds. The molecule has 1 aromatic carbocycles. The number of sulfone groups is 1. The van der Waals surface area contributed by atoms with Gasteiger partial charge in [-0.05, 0) is 30.7 Å². The minimum Gasteiger partial charge on any atom is -0.406 e. The number of ether oxygens (including phenoxy) is 1. The van der Waals surface area contributed by atoms with Gasteiger partial charge in [-0.3, -0.25) is 0 Å². The second kappa shape index (κ2) is 5.93. The predicted octanol–water partition coefficient (Wildman–Crippen LogP) is 2.66. The molecule has 0 radical (unpaired) electrons. The Bertz CT molecular complexity index is 558. The van der Waals surface area contributed by atoms with Crippen LogP contribution >= 0.6 is 0 Å². The Morgan fingerprint density at radius 3 is 2.26 bits per heavy atom. The number of hydrogen-bond acceptors (Lipinski definition) is 4. The van der Waals surface area contributed by atoms with Crippen molar-refractivity contribution in [2.75, 3.05) is 5.75 Å². The molecule has 0 aliphatic rings. The van der Waals surface area contributed by atoms with Gasteiger partial charge in [-0.1, -0.05) is 0 Å². The summed E-state index contributed by atoms with van der Waals surface area (Å²) in [7, 11) is -3.58. The number of nitrogens with zero attached hydrogens (tertiary/aromatic N) is 1. The number of rotatable bonds is 5. The molecule has 0 atom stereocenters. The van der Waals surface area contributed by atoms with E-state index in [4.69, 9.17) is 5.26 Å². The second-order valence-corrected chi connectivity index (χ2v) is 5.71. The lowest BCUT2D eigenvalue weighted by Gasteiger charge is -2.09. The molecule has 1 aromatic rings. The first kappa shape index (κ1) is 15.3. The summed E-state index contributed by atoms with van der Waals surface area (Å²) in [6.07, 6.45) is -4.53. The number of halogens is 3. The second-order valence-electron chi connectivity index (χ2n) is 3.60. The fraction of sp³-hybridized carbons (Fsp3) is 0.364. The summed E-state index contributed by atoms with van der Waals surface area (Å²) in [5.41, 5.74) is 0. The van der Waals surface area contributed by atoms with Gasteiger partial charge in [0.2, 0.25) is 0 Å². The van der Waals surface area contributed by atoms with Crippen LogP contribution < -0.4 is 4.74 Å². The molecular formula is C11H10F3NO3S. The molecule has 19 heavy (non-hydrogen) atoms. The van der Waals surface area contributed by atoms with Crippen molar-refractivity contribution in [3.8, 4) is 11.8 Å². The van der Waals surface area contributed by atoms with Gasteiger partial charge in [0.25, 0.3) is 0 Å². The largest absolute Gasteiger partial charge is 0.573 e. The van der Waals surface area contributed by atoms with E-state index in [2.05, 4.69) is 4.74 Å². The van der Waals surface area contributed by atoms with Gasteiger partial charge in [-0.15, -0.1) is 13.2 Å². The van der Waals surface area contributed by atoms with E-state index in [1.54, 1.807) is 0 Å². The molecule has 0 N–H and O–H groups in total. The van der Waals surface area contributed by atoms with Crippen molar-refractivity contribution in [3.63, 3.8) is 0 Å². The van der Waals surface area contributed by atoms with E-state index in [1.807, 2.05) is 6.07 Å². The molecule has 0 heterocycles. The molecule has 0 aromatic heterocycles. The van der Waals surface area contributed by atoms with Crippen LogP contribution in [0.15, 0.2) is 29.2 Å². The highest BCUT2D eigenvalue weighted by Crippen LogP contribution is 2.24. The summed E-state index contributed by atoms with van der Waals surface area (Å²) in [6.45, 7) is 0. The Morgan fingerprint density at radius 1 is 1.21 bits per heavy atom. The summed E-state index contributed by atoms with van der Waals surface area (Å²) in [4.78, 5) is -0.0973. The highest BCUT2D eigenvalue weighted by Gasteiger charge is 2.31. The third-order valence-electron chi connectivity index (χ3n) is 2.12. The van der Waals surface area contributed by atoms with E-state index in [0.717, 1.165) is 24.3 Å². The van der Waals surface area contributed by atoms with Crippen LogP contribution in [-0.2, 0) is 9.84 Å². The molecule has 1 rings (SSSR count). The average Bonchev–Trinajstić information content (AvgIpc) is 2.27. The quantitative estimate of drug-likeness (QED) is 0.783. The maximum absolute atomic E-state index is 11.9. The number of unbranched alkanes of at least 4 members (excludes halogenated alkanes) is 1. The number of alkyl halides is 3. The van der Waals surface area contributed by atoms with Gasteiger partial charge in [0.1, 0.15) is 5.75 Å². The van der Waals surface area contributed by atoms with E-state index in [0.29, 0.717) is 0 Å². The van der Waals surface area contributed by atoms with E-state index < -0.39 is 21.9 Å². The Morgan fingerprint density at radius 2 is 1.79 bits per heavy atom. The summed E-state index contributed by atoms with van der Waals surface area (Å²) < 4.78 is 62.8. The van der Waals surface area contributed by atoms with Gasteiger partial charge in [0.15, 0.2) is 9.84 Å². The van der Waals surface area contributed by atoms with Gasteiger partial charge in [0, 0.05) is 6.42 Å². The van der Waals surface area contributed by atoms with Crippen molar-refractivity contribution in [1.29, 1.82) is 5.26 Å². The lowest BCUT2D eigenvalue weighted by atomic mass is 10.3. The lowest BCUT2D eigenvalue weighted by molar-refractivity contribution is -0.274. The van der Waals surface area contributed by atoms with Crippen molar-refractivity contribution in [3.05, 3.63) is 24.3 Å². The predicted molar refractivity (Wildman–Crippen MR) is 60.0 cm³/mol. The minimum atomic E-state index is -4.81. The van der Waals surface area contributed by atoms with Gasteiger partial charge in [-0.2, -0.15) is 5.26 Å². The first-order valence-electron chi connectivity index (χ1n) is 5.20. The zero-order valence-corrected chi connectivity index (χ0v) is 10.5. The van der Waals surface area contributed by atoms with Crippen LogP contribution in [0, 0.1) is 11.3 Å². The van der Waals surface area contributed by atoms with Crippen molar-refractivity contribution in [1.82, 2.24) is 0 Å². The van der Waals surface area contributed by atoms with Crippen LogP contribution in [0.4, 0.5) is 13.2 Å². The van der Waals surface area contributed by atoms with Gasteiger partial charge in [-0.25, -0.2) is 8.42 Å². The van der Waals surface area contributed by atoms with Gasteiger partial charge < -0.3 is 4.74 Å². The Labute approximate surface area is 108 Å². The average molecular weight is 293 g/mol.